The first-order valence-corrected chi connectivity index (χ1v) is 32.9. The fourth-order valence-electron chi connectivity index (χ4n) is 11.5. The van der Waals surface area contributed by atoms with Crippen LogP contribution in [0.15, 0.2) is 146 Å². The van der Waals surface area contributed by atoms with Crippen LogP contribution < -0.4 is 45.5 Å². The highest BCUT2D eigenvalue weighted by molar-refractivity contribution is 5.90. The molecule has 2 fully saturated rings. The van der Waals surface area contributed by atoms with Gasteiger partial charge < -0.3 is 78.7 Å². The number of nitrogens with one attached hydrogen (secondary N) is 5. The zero-order valence-electron chi connectivity index (χ0n) is 55.8. The third-order valence-corrected chi connectivity index (χ3v) is 16.8. The van der Waals surface area contributed by atoms with Crippen molar-refractivity contribution in [1.82, 2.24) is 16.0 Å². The van der Waals surface area contributed by atoms with Crippen LogP contribution in [0.4, 0.5) is 47.3 Å². The molecule has 0 radical (unpaired) electrons. The molecule has 6 aromatic rings. The van der Waals surface area contributed by atoms with Gasteiger partial charge in [-0.1, -0.05) is 125 Å². The van der Waals surface area contributed by atoms with Crippen LogP contribution in [0.2, 0.25) is 0 Å². The first kappa shape index (κ1) is 75.6. The van der Waals surface area contributed by atoms with E-state index < -0.39 is 96.4 Å². The second kappa shape index (κ2) is 38.3. The summed E-state index contributed by atoms with van der Waals surface area (Å²) < 4.78 is 154. The van der Waals surface area contributed by atoms with Crippen molar-refractivity contribution >= 4 is 29.3 Å². The zero-order valence-corrected chi connectivity index (χ0v) is 55.8. The summed E-state index contributed by atoms with van der Waals surface area (Å²) in [6.45, 7) is 1.27. The van der Waals surface area contributed by atoms with Gasteiger partial charge in [-0.15, -0.1) is 0 Å². The van der Waals surface area contributed by atoms with Gasteiger partial charge in [0.1, 0.15) is 59.6 Å². The number of alkyl halides is 6. The second-order valence-electron chi connectivity index (χ2n) is 24.0. The molecule has 2 aliphatic rings. The molecule has 0 aromatic heterocycles. The lowest BCUT2D eigenvalue weighted by molar-refractivity contribution is -0.309. The highest BCUT2D eigenvalue weighted by Crippen LogP contribution is 2.36. The molecule has 5 N–H and O–H groups in total. The van der Waals surface area contributed by atoms with Gasteiger partial charge in [-0.3, -0.25) is 4.79 Å². The SMILES string of the molecule is CCCCCCCCCCCCC(=O)N[C@H]1C(COCc2ccc(OC)cc2)OCC(NC(=O)Nc2cccc(C(F)(F)F)c2)[C@H]1O[C@@H]1OC(COCc2ccc(OC)cc2)[C@H](OCc2ccc(OC)cc2)[C@H](OCc2ccc(OC)cc2)C1NC(=O)Nc1cccc(C(F)(F)F)c1. The molecule has 19 nitrogen and oxygen atoms in total. The van der Waals surface area contributed by atoms with Gasteiger partial charge in [0.15, 0.2) is 6.29 Å². The molecule has 4 unspecified atom stereocenters. The number of hydrogen-bond acceptors (Lipinski definition) is 14. The summed E-state index contributed by atoms with van der Waals surface area (Å²) in [6.07, 6.45) is -7.28. The van der Waals surface area contributed by atoms with E-state index in [0.717, 1.165) is 86.1 Å². The number of carbonyl (C=O) groups excluding carboxylic acids is 3. The van der Waals surface area contributed by atoms with E-state index in [0.29, 0.717) is 40.5 Å². The molecule has 0 spiro atoms. The van der Waals surface area contributed by atoms with E-state index in [1.807, 2.05) is 24.3 Å². The van der Waals surface area contributed by atoms with Crippen molar-refractivity contribution in [3.8, 4) is 23.0 Å². The lowest BCUT2D eigenvalue weighted by Gasteiger charge is -2.49. The minimum atomic E-state index is -4.78. The fourth-order valence-corrected chi connectivity index (χ4v) is 11.5. The van der Waals surface area contributed by atoms with Crippen LogP contribution >= 0.6 is 0 Å². The van der Waals surface area contributed by atoms with Gasteiger partial charge in [-0.05, 0) is 114 Å². The number of hydrogen-bond donors (Lipinski definition) is 5. The quantitative estimate of drug-likeness (QED) is 0.0183. The predicted octanol–water partition coefficient (Wildman–Crippen LogP) is 14.3. The number of benzene rings is 6. The Kier molecular flexibility index (Phi) is 29.5. The third kappa shape index (κ3) is 23.8. The third-order valence-electron chi connectivity index (χ3n) is 16.8. The van der Waals surface area contributed by atoms with Crippen LogP contribution in [-0.4, -0.2) is 121 Å². The lowest BCUT2D eigenvalue weighted by Crippen LogP contribution is -2.71. The first-order chi connectivity index (χ1) is 47.3. The van der Waals surface area contributed by atoms with Crippen molar-refractivity contribution in [1.29, 1.82) is 0 Å². The van der Waals surface area contributed by atoms with Crippen molar-refractivity contribution in [3.05, 3.63) is 179 Å². The average Bonchev–Trinajstić information content (AvgIpc) is 0.772. The van der Waals surface area contributed by atoms with E-state index in [4.69, 9.17) is 52.1 Å². The largest absolute Gasteiger partial charge is 0.497 e. The fraction of sp³-hybridized carbons (Fsp3) is 0.466. The summed E-state index contributed by atoms with van der Waals surface area (Å²) in [7, 11) is 6.14. The molecule has 25 heteroatoms. The van der Waals surface area contributed by atoms with Gasteiger partial charge in [0.05, 0.1) is 97.9 Å². The Morgan fingerprint density at radius 2 is 0.888 bits per heavy atom. The highest BCUT2D eigenvalue weighted by atomic mass is 19.4. The highest BCUT2D eigenvalue weighted by Gasteiger charge is 2.53. The van der Waals surface area contributed by atoms with Crippen molar-refractivity contribution in [2.75, 3.05) is 58.9 Å². The summed E-state index contributed by atoms with van der Waals surface area (Å²) in [6, 6.07) is 30.4. The van der Waals surface area contributed by atoms with E-state index in [1.54, 1.807) is 87.0 Å². The molecule has 2 aliphatic heterocycles. The number of ether oxygens (including phenoxy) is 11. The van der Waals surface area contributed by atoms with E-state index in [2.05, 4.69) is 33.5 Å². The number of anilines is 2. The van der Waals surface area contributed by atoms with Gasteiger partial charge >= 0.3 is 24.4 Å². The molecule has 532 valence electrons. The number of urea groups is 2. The van der Waals surface area contributed by atoms with Crippen molar-refractivity contribution in [3.63, 3.8) is 0 Å². The minimum Gasteiger partial charge on any atom is -0.497 e. The smallest absolute Gasteiger partial charge is 0.416 e. The van der Waals surface area contributed by atoms with Gasteiger partial charge in [0.2, 0.25) is 5.91 Å². The van der Waals surface area contributed by atoms with Gasteiger partial charge in [0.25, 0.3) is 0 Å². The summed E-state index contributed by atoms with van der Waals surface area (Å²) >= 11 is 0. The maximum Gasteiger partial charge on any atom is 0.416 e. The summed E-state index contributed by atoms with van der Waals surface area (Å²) in [5, 5.41) is 13.9. The molecule has 0 aliphatic carbocycles. The summed E-state index contributed by atoms with van der Waals surface area (Å²) in [5.41, 5.74) is 0.315. The molecule has 2 heterocycles. The van der Waals surface area contributed by atoms with E-state index in [-0.39, 0.29) is 64.0 Å². The van der Waals surface area contributed by atoms with Gasteiger partial charge in [0, 0.05) is 17.8 Å². The normalized spacial score (nSPS) is 20.2. The second-order valence-corrected chi connectivity index (χ2v) is 24.0. The van der Waals surface area contributed by atoms with Crippen molar-refractivity contribution in [2.24, 2.45) is 0 Å². The Hall–Kier alpha value is -8.17. The standard InChI is InChI=1S/C73H89F6N5O14/c1-6-7-8-9-10-11-12-13-14-15-22-63(85)83-64-61(46-92-41-48-23-31-56(88-2)32-24-48)94-45-60(82-70(86)80-54-20-16-18-52(39-54)72(74,75)76)66(64)98-69-65(84-71(87)81-55-21-17-19-53(40-55)73(77,78)79)68(96-44-51-29-37-59(91-5)38-30-51)67(95-43-50-27-35-58(90-4)36-28-50)62(97-69)47-93-42-49-25-33-57(89-3)34-26-49/h16-21,23-40,60-62,64-69H,6-15,22,41-47H2,1-5H3,(H,83,85)(H2,80,82,86)(H2,81,84,87)/t60?,61?,62?,64-,65?,66+,67-,68+,69-/m0/s1. The number of unbranched alkanes of at least 4 members (excludes halogenated alkanes) is 9. The van der Waals surface area contributed by atoms with Crippen LogP contribution in [0.3, 0.4) is 0 Å². The Bertz CT molecular complexity index is 3370. The summed E-state index contributed by atoms with van der Waals surface area (Å²) in [4.78, 5) is 43.8. The van der Waals surface area contributed by atoms with Crippen LogP contribution in [0.1, 0.15) is 111 Å². The maximum atomic E-state index is 14.8. The van der Waals surface area contributed by atoms with Gasteiger partial charge in [-0.25, -0.2) is 9.59 Å². The number of halogens is 6. The van der Waals surface area contributed by atoms with Crippen molar-refractivity contribution < 1.29 is 92.8 Å². The Morgan fingerprint density at radius 3 is 1.34 bits per heavy atom. The van der Waals surface area contributed by atoms with Crippen LogP contribution in [0.5, 0.6) is 23.0 Å². The van der Waals surface area contributed by atoms with Crippen LogP contribution in [0.25, 0.3) is 0 Å². The monoisotopic (exact) mass is 1370 g/mol. The molecule has 2 saturated heterocycles. The minimum absolute atomic E-state index is 0.0390. The topological polar surface area (TPSA) is 213 Å². The van der Waals surface area contributed by atoms with Crippen LogP contribution in [-0.2, 0) is 76.7 Å². The Labute approximate surface area is 568 Å². The molecule has 0 saturated carbocycles. The molecule has 9 atom stereocenters. The van der Waals surface area contributed by atoms with Gasteiger partial charge in [-0.2, -0.15) is 26.3 Å². The molecular formula is C73H89F6N5O14. The molecule has 8 rings (SSSR count). The molecule has 5 amide bonds. The first-order valence-electron chi connectivity index (χ1n) is 32.9. The summed E-state index contributed by atoms with van der Waals surface area (Å²) in [5.74, 6) is 1.93. The van der Waals surface area contributed by atoms with E-state index in [9.17, 15) is 40.7 Å². The molecule has 0 bridgehead atoms. The van der Waals surface area contributed by atoms with E-state index in [1.165, 1.54) is 45.6 Å². The Morgan fingerprint density at radius 1 is 0.469 bits per heavy atom. The predicted molar refractivity (Wildman–Crippen MR) is 355 cm³/mol. The van der Waals surface area contributed by atoms with Crippen molar-refractivity contribution in [2.45, 2.75) is 171 Å². The number of carbonyl (C=O) groups is 3. The number of methoxy groups -OCH3 is 4. The lowest BCUT2D eigenvalue weighted by atomic mass is 9.93. The maximum absolute atomic E-state index is 14.8. The van der Waals surface area contributed by atoms with Crippen LogP contribution in [0, 0.1) is 0 Å². The number of amides is 5. The molecule has 6 aromatic carbocycles. The average molecular weight is 1370 g/mol. The number of rotatable bonds is 36. The molecule has 98 heavy (non-hydrogen) atoms. The zero-order chi connectivity index (χ0) is 69.9. The Balaban J connectivity index is 1.22. The van der Waals surface area contributed by atoms with E-state index >= 15 is 0 Å². The molecular weight excluding hydrogens is 1280 g/mol.